The molecule has 15 N–H and O–H groups in total. The highest BCUT2D eigenvalue weighted by molar-refractivity contribution is 5.06. The van der Waals surface area contributed by atoms with Gasteiger partial charge in [0.15, 0.2) is 12.6 Å². The van der Waals surface area contributed by atoms with Gasteiger partial charge in [0.05, 0.1) is 30.8 Å². The smallest absolute Gasteiger partial charge is 0.187 e. The Kier molecular flexibility index (Phi) is 8.41. The molecule has 0 aromatic heterocycles. The minimum atomic E-state index is -1.58. The zero-order chi connectivity index (χ0) is 23.9. The topological polar surface area (TPSA) is 283 Å². The molecule has 3 rings (SSSR count). The fourth-order valence-electron chi connectivity index (χ4n) is 4.17. The fraction of sp³-hybridized carbons (Fsp3) is 1.00. The molecule has 3 fully saturated rings. The van der Waals surface area contributed by atoms with Gasteiger partial charge in [0.2, 0.25) is 0 Å². The van der Waals surface area contributed by atoms with Crippen molar-refractivity contribution in [1.82, 2.24) is 0 Å². The summed E-state index contributed by atoms with van der Waals surface area (Å²) < 4.78 is 22.2. The van der Waals surface area contributed by atoms with E-state index in [4.69, 9.17) is 41.9 Å². The second kappa shape index (κ2) is 10.3. The number of rotatable bonds is 6. The maximum absolute atomic E-state index is 10.6. The van der Waals surface area contributed by atoms with E-state index in [9.17, 15) is 35.7 Å². The summed E-state index contributed by atoms with van der Waals surface area (Å²) in [5.74, 6) is 0. The Morgan fingerprint density at radius 2 is 1.16 bits per heavy atom. The van der Waals surface area contributed by atoms with Crippen LogP contribution in [-0.4, -0.2) is 141 Å². The molecule has 0 spiro atoms. The first-order valence-corrected chi connectivity index (χ1v) is 10.3. The number of aliphatic hydroxyl groups is 7. The lowest BCUT2D eigenvalue weighted by Crippen LogP contribution is -2.72. The van der Waals surface area contributed by atoms with Crippen molar-refractivity contribution in [3.63, 3.8) is 0 Å². The van der Waals surface area contributed by atoms with E-state index in [-0.39, 0.29) is 6.54 Å². The third-order valence-electron chi connectivity index (χ3n) is 6.28. The SMILES string of the molecule is NCC1OC(OC2C(N)C(O)C(N)C(O)C2OC2OC(CO)C(O)C2O)C(N)C(O)C1O. The molecule has 15 heteroatoms. The predicted octanol–water partition coefficient (Wildman–Crippen LogP) is -7.68. The first kappa shape index (κ1) is 26.0. The van der Waals surface area contributed by atoms with E-state index in [0.717, 1.165) is 0 Å². The van der Waals surface area contributed by atoms with Crippen molar-refractivity contribution in [2.24, 2.45) is 22.9 Å². The van der Waals surface area contributed by atoms with E-state index in [2.05, 4.69) is 0 Å². The largest absolute Gasteiger partial charge is 0.394 e. The summed E-state index contributed by atoms with van der Waals surface area (Å²) in [4.78, 5) is 0. The van der Waals surface area contributed by atoms with Gasteiger partial charge < -0.3 is 77.6 Å². The van der Waals surface area contributed by atoms with Gasteiger partial charge in [0.25, 0.3) is 0 Å². The summed E-state index contributed by atoms with van der Waals surface area (Å²) in [6.07, 6.45) is -16.7. The van der Waals surface area contributed by atoms with Gasteiger partial charge in [-0.3, -0.25) is 0 Å². The number of hydrogen-bond donors (Lipinski definition) is 11. The van der Waals surface area contributed by atoms with Gasteiger partial charge in [0.1, 0.15) is 54.9 Å². The molecule has 15 nitrogen and oxygen atoms in total. The van der Waals surface area contributed by atoms with Crippen LogP contribution in [0.4, 0.5) is 0 Å². The number of nitrogens with two attached hydrogens (primary N) is 4. The van der Waals surface area contributed by atoms with Crippen LogP contribution in [0.5, 0.6) is 0 Å². The molecule has 1 aliphatic carbocycles. The molecule has 2 saturated heterocycles. The third-order valence-corrected chi connectivity index (χ3v) is 6.28. The normalized spacial score (nSPS) is 54.7. The zero-order valence-corrected chi connectivity index (χ0v) is 17.1. The number of hydrogen-bond acceptors (Lipinski definition) is 15. The standard InChI is InChI=1S/C17H34N4O11/c18-1-3-8(23)11(26)7(21)16(29-3)31-14-6(20)10(25)5(19)12(27)15(14)32-17-13(28)9(24)4(2-22)30-17/h3-17,22-28H,1-2,18-21H2. The molecular formula is C17H34N4O11. The van der Waals surface area contributed by atoms with Crippen molar-refractivity contribution in [2.45, 2.75) is 91.7 Å². The monoisotopic (exact) mass is 470 g/mol. The Labute approximate surface area is 183 Å². The average Bonchev–Trinajstić information content (AvgIpc) is 3.06. The molecule has 2 aliphatic heterocycles. The summed E-state index contributed by atoms with van der Waals surface area (Å²) in [6, 6.07) is -3.76. The molecule has 0 aromatic carbocycles. The van der Waals surface area contributed by atoms with E-state index in [1.165, 1.54) is 0 Å². The second-order valence-corrected chi connectivity index (χ2v) is 8.38. The molecule has 3 aliphatic rings. The Bertz CT molecular complexity index is 621. The van der Waals surface area contributed by atoms with Crippen LogP contribution in [0.1, 0.15) is 0 Å². The van der Waals surface area contributed by atoms with Gasteiger partial charge in [-0.2, -0.15) is 0 Å². The second-order valence-electron chi connectivity index (χ2n) is 8.38. The highest BCUT2D eigenvalue weighted by Gasteiger charge is 2.54. The summed E-state index contributed by atoms with van der Waals surface area (Å²) in [5.41, 5.74) is 23.4. The minimum Gasteiger partial charge on any atom is -0.394 e. The van der Waals surface area contributed by atoms with E-state index >= 15 is 0 Å². The lowest BCUT2D eigenvalue weighted by atomic mass is 9.82. The summed E-state index contributed by atoms with van der Waals surface area (Å²) in [5, 5.41) is 70.6. The van der Waals surface area contributed by atoms with Crippen molar-refractivity contribution < 1.29 is 54.7 Å². The Hall–Kier alpha value is -0.600. The van der Waals surface area contributed by atoms with Crippen LogP contribution >= 0.6 is 0 Å². The van der Waals surface area contributed by atoms with Crippen LogP contribution in [0, 0.1) is 0 Å². The van der Waals surface area contributed by atoms with Crippen molar-refractivity contribution in [3.8, 4) is 0 Å². The van der Waals surface area contributed by atoms with Crippen LogP contribution < -0.4 is 22.9 Å². The Morgan fingerprint density at radius 3 is 1.72 bits per heavy atom. The van der Waals surface area contributed by atoms with Crippen LogP contribution in [0.3, 0.4) is 0 Å². The predicted molar refractivity (Wildman–Crippen MR) is 103 cm³/mol. The van der Waals surface area contributed by atoms with E-state index in [1.54, 1.807) is 0 Å². The van der Waals surface area contributed by atoms with E-state index < -0.39 is 98.4 Å². The molecule has 15 unspecified atom stereocenters. The third kappa shape index (κ3) is 4.65. The highest BCUT2D eigenvalue weighted by Crippen LogP contribution is 2.32. The van der Waals surface area contributed by atoms with Crippen LogP contribution in [0.15, 0.2) is 0 Å². The van der Waals surface area contributed by atoms with Crippen molar-refractivity contribution >= 4 is 0 Å². The van der Waals surface area contributed by atoms with Crippen LogP contribution in [-0.2, 0) is 18.9 Å². The van der Waals surface area contributed by atoms with Gasteiger partial charge in [-0.1, -0.05) is 0 Å². The van der Waals surface area contributed by atoms with Gasteiger partial charge in [-0.25, -0.2) is 0 Å². The summed E-state index contributed by atoms with van der Waals surface area (Å²) >= 11 is 0. The van der Waals surface area contributed by atoms with Crippen molar-refractivity contribution in [3.05, 3.63) is 0 Å². The molecule has 0 radical (unpaired) electrons. The maximum atomic E-state index is 10.6. The fourth-order valence-corrected chi connectivity index (χ4v) is 4.17. The van der Waals surface area contributed by atoms with Gasteiger partial charge >= 0.3 is 0 Å². The number of ether oxygens (including phenoxy) is 4. The molecule has 1 saturated carbocycles. The Morgan fingerprint density at radius 1 is 0.594 bits per heavy atom. The van der Waals surface area contributed by atoms with Crippen molar-refractivity contribution in [1.29, 1.82) is 0 Å². The number of aliphatic hydroxyl groups excluding tert-OH is 7. The summed E-state index contributed by atoms with van der Waals surface area (Å²) in [6.45, 7) is -0.769. The molecule has 2 heterocycles. The molecule has 188 valence electrons. The van der Waals surface area contributed by atoms with Gasteiger partial charge in [0, 0.05) is 6.54 Å². The first-order chi connectivity index (χ1) is 15.0. The van der Waals surface area contributed by atoms with Gasteiger partial charge in [-0.05, 0) is 0 Å². The molecule has 0 bridgehead atoms. The van der Waals surface area contributed by atoms with Gasteiger partial charge in [-0.15, -0.1) is 0 Å². The maximum Gasteiger partial charge on any atom is 0.187 e. The van der Waals surface area contributed by atoms with E-state index in [0.29, 0.717) is 0 Å². The molecule has 15 atom stereocenters. The average molecular weight is 470 g/mol. The van der Waals surface area contributed by atoms with Crippen LogP contribution in [0.2, 0.25) is 0 Å². The highest BCUT2D eigenvalue weighted by atomic mass is 16.7. The summed E-state index contributed by atoms with van der Waals surface area (Å²) in [7, 11) is 0. The first-order valence-electron chi connectivity index (χ1n) is 10.3. The molecule has 0 amide bonds. The zero-order valence-electron chi connectivity index (χ0n) is 17.1. The molecule has 0 aromatic rings. The molecular weight excluding hydrogens is 436 g/mol. The quantitative estimate of drug-likeness (QED) is 0.172. The molecule has 32 heavy (non-hydrogen) atoms. The van der Waals surface area contributed by atoms with Crippen molar-refractivity contribution in [2.75, 3.05) is 13.2 Å². The van der Waals surface area contributed by atoms with E-state index in [1.807, 2.05) is 0 Å². The van der Waals surface area contributed by atoms with Crippen LogP contribution in [0.25, 0.3) is 0 Å². The lowest BCUT2D eigenvalue weighted by molar-refractivity contribution is -0.311. The minimum absolute atomic E-state index is 0.167. The Balaban J connectivity index is 1.82. The lowest BCUT2D eigenvalue weighted by Gasteiger charge is -2.48.